The second-order valence-electron chi connectivity index (χ2n) is 4.84. The van der Waals surface area contributed by atoms with Crippen LogP contribution in [0.25, 0.3) is 0 Å². The molecule has 2 heteroatoms. The van der Waals surface area contributed by atoms with Crippen LogP contribution in [-0.4, -0.2) is 5.54 Å². The molecule has 1 nitrogen and oxygen atoms in total. The van der Waals surface area contributed by atoms with E-state index >= 15 is 0 Å². The van der Waals surface area contributed by atoms with Crippen molar-refractivity contribution in [2.24, 2.45) is 0 Å². The van der Waals surface area contributed by atoms with Gasteiger partial charge in [0, 0.05) is 16.6 Å². The Hall–Kier alpha value is -0.340. The quantitative estimate of drug-likeness (QED) is 0.879. The van der Waals surface area contributed by atoms with Gasteiger partial charge in [-0.05, 0) is 56.4 Å². The average molecular weight is 268 g/mol. The average Bonchev–Trinajstić information content (AvgIpc) is 2.14. The maximum Gasteiger partial charge on any atom is 0.0213 e. The van der Waals surface area contributed by atoms with E-state index in [9.17, 15) is 0 Å². The summed E-state index contributed by atoms with van der Waals surface area (Å²) in [5, 5.41) is 3.66. The molecule has 1 aliphatic rings. The van der Waals surface area contributed by atoms with E-state index in [0.29, 0.717) is 5.54 Å². The molecule has 0 saturated heterocycles. The highest BCUT2D eigenvalue weighted by Crippen LogP contribution is 2.31. The highest BCUT2D eigenvalue weighted by molar-refractivity contribution is 9.10. The van der Waals surface area contributed by atoms with Crippen molar-refractivity contribution in [3.63, 3.8) is 0 Å². The van der Waals surface area contributed by atoms with Gasteiger partial charge in [0.05, 0.1) is 0 Å². The molecule has 2 rings (SSSR count). The number of hydrogen-bond acceptors (Lipinski definition) is 1. The first kappa shape index (κ1) is 11.2. The second-order valence-corrected chi connectivity index (χ2v) is 5.75. The van der Waals surface area contributed by atoms with Crippen molar-refractivity contribution in [2.45, 2.75) is 45.2 Å². The monoisotopic (exact) mass is 267 g/mol. The molecule has 0 unspecified atom stereocenters. The Morgan fingerprint density at radius 1 is 1.40 bits per heavy atom. The van der Waals surface area contributed by atoms with Gasteiger partial charge in [-0.2, -0.15) is 0 Å². The zero-order valence-electron chi connectivity index (χ0n) is 9.44. The van der Waals surface area contributed by atoms with E-state index in [1.165, 1.54) is 34.9 Å². The molecule has 82 valence electrons. The summed E-state index contributed by atoms with van der Waals surface area (Å²) in [4.78, 5) is 0. The van der Waals surface area contributed by atoms with Crippen LogP contribution < -0.4 is 5.32 Å². The van der Waals surface area contributed by atoms with Gasteiger partial charge in [0.1, 0.15) is 0 Å². The van der Waals surface area contributed by atoms with E-state index in [4.69, 9.17) is 0 Å². The first-order chi connectivity index (χ1) is 7.09. The van der Waals surface area contributed by atoms with Crippen molar-refractivity contribution < 1.29 is 0 Å². The number of benzene rings is 1. The molecule has 0 spiro atoms. The maximum atomic E-state index is 3.66. The first-order valence-corrected chi connectivity index (χ1v) is 6.38. The molecule has 1 aromatic carbocycles. The fourth-order valence-corrected chi connectivity index (χ4v) is 2.53. The summed E-state index contributed by atoms with van der Waals surface area (Å²) in [6, 6.07) is 6.50. The summed E-state index contributed by atoms with van der Waals surface area (Å²) in [6.45, 7) is 5.49. The van der Waals surface area contributed by atoms with Gasteiger partial charge >= 0.3 is 0 Å². The number of hydrogen-bond donors (Lipinski definition) is 1. The van der Waals surface area contributed by atoms with Crippen LogP contribution in [0.3, 0.4) is 0 Å². The smallest absolute Gasteiger partial charge is 0.0213 e. The van der Waals surface area contributed by atoms with E-state index in [-0.39, 0.29) is 0 Å². The van der Waals surface area contributed by atoms with Crippen molar-refractivity contribution in [1.82, 2.24) is 5.32 Å². The highest BCUT2D eigenvalue weighted by atomic mass is 79.9. The van der Waals surface area contributed by atoms with Crippen LogP contribution in [0.1, 0.15) is 37.3 Å². The Bertz CT molecular complexity index is 356. The second kappa shape index (κ2) is 4.26. The molecule has 1 aromatic rings. The Morgan fingerprint density at radius 3 is 2.67 bits per heavy atom. The topological polar surface area (TPSA) is 12.0 Å². The van der Waals surface area contributed by atoms with Gasteiger partial charge in [-0.3, -0.25) is 0 Å². The SMILES string of the molecule is Cc1cc(Br)ccc1CNC1(C)CCC1. The molecule has 1 fully saturated rings. The van der Waals surface area contributed by atoms with Crippen molar-refractivity contribution >= 4 is 15.9 Å². The summed E-state index contributed by atoms with van der Waals surface area (Å²) in [5.41, 5.74) is 3.17. The zero-order valence-corrected chi connectivity index (χ0v) is 11.0. The van der Waals surface area contributed by atoms with Crippen LogP contribution in [0.2, 0.25) is 0 Å². The number of halogens is 1. The normalized spacial score (nSPS) is 18.6. The Kier molecular flexibility index (Phi) is 3.17. The fourth-order valence-electron chi connectivity index (χ4n) is 2.05. The predicted octanol–water partition coefficient (Wildman–Crippen LogP) is 3.79. The lowest BCUT2D eigenvalue weighted by atomic mass is 9.78. The molecule has 15 heavy (non-hydrogen) atoms. The third kappa shape index (κ3) is 2.61. The first-order valence-electron chi connectivity index (χ1n) is 5.59. The van der Waals surface area contributed by atoms with E-state index < -0.39 is 0 Å². The fraction of sp³-hybridized carbons (Fsp3) is 0.538. The minimum atomic E-state index is 0.402. The molecular formula is C13H18BrN. The summed E-state index contributed by atoms with van der Waals surface area (Å²) in [7, 11) is 0. The van der Waals surface area contributed by atoms with Gasteiger partial charge in [-0.25, -0.2) is 0 Å². The van der Waals surface area contributed by atoms with Crippen LogP contribution in [-0.2, 0) is 6.54 Å². The molecule has 0 amide bonds. The molecule has 1 aliphatic carbocycles. The Balaban J connectivity index is 1.98. The van der Waals surface area contributed by atoms with E-state index in [1.54, 1.807) is 0 Å². The summed E-state index contributed by atoms with van der Waals surface area (Å²) in [5.74, 6) is 0. The molecule has 1 saturated carbocycles. The van der Waals surface area contributed by atoms with Crippen LogP contribution in [0.4, 0.5) is 0 Å². The van der Waals surface area contributed by atoms with Gasteiger partial charge in [0.2, 0.25) is 0 Å². The lowest BCUT2D eigenvalue weighted by Gasteiger charge is -2.39. The lowest BCUT2D eigenvalue weighted by Crippen LogP contribution is -2.47. The molecule has 0 bridgehead atoms. The van der Waals surface area contributed by atoms with Crippen molar-refractivity contribution in [3.8, 4) is 0 Å². The van der Waals surface area contributed by atoms with E-state index in [1.807, 2.05) is 0 Å². The van der Waals surface area contributed by atoms with Gasteiger partial charge in [-0.1, -0.05) is 22.0 Å². The molecule has 1 N–H and O–H groups in total. The van der Waals surface area contributed by atoms with Crippen molar-refractivity contribution in [1.29, 1.82) is 0 Å². The molecule has 0 radical (unpaired) electrons. The summed E-state index contributed by atoms with van der Waals surface area (Å²) < 4.78 is 1.17. The van der Waals surface area contributed by atoms with Gasteiger partial charge < -0.3 is 5.32 Å². The summed E-state index contributed by atoms with van der Waals surface area (Å²) >= 11 is 3.49. The number of nitrogens with one attached hydrogen (secondary N) is 1. The van der Waals surface area contributed by atoms with E-state index in [0.717, 1.165) is 6.54 Å². The molecular weight excluding hydrogens is 250 g/mol. The van der Waals surface area contributed by atoms with Gasteiger partial charge in [0.15, 0.2) is 0 Å². The minimum Gasteiger partial charge on any atom is -0.307 e. The molecule has 0 heterocycles. The Labute approximate surface area is 100 Å². The predicted molar refractivity (Wildman–Crippen MR) is 68.0 cm³/mol. The van der Waals surface area contributed by atoms with Crippen LogP contribution in [0, 0.1) is 6.92 Å². The molecule has 0 aromatic heterocycles. The third-order valence-corrected chi connectivity index (χ3v) is 3.96. The third-order valence-electron chi connectivity index (χ3n) is 3.47. The maximum absolute atomic E-state index is 3.66. The largest absolute Gasteiger partial charge is 0.307 e. The van der Waals surface area contributed by atoms with Crippen LogP contribution in [0.15, 0.2) is 22.7 Å². The molecule has 0 atom stereocenters. The number of aryl methyl sites for hydroxylation is 1. The Morgan fingerprint density at radius 2 is 2.13 bits per heavy atom. The van der Waals surface area contributed by atoms with Gasteiger partial charge in [0.25, 0.3) is 0 Å². The highest BCUT2D eigenvalue weighted by Gasteiger charge is 2.30. The minimum absolute atomic E-state index is 0.402. The lowest BCUT2D eigenvalue weighted by molar-refractivity contribution is 0.206. The number of rotatable bonds is 3. The van der Waals surface area contributed by atoms with Crippen molar-refractivity contribution in [3.05, 3.63) is 33.8 Å². The van der Waals surface area contributed by atoms with Gasteiger partial charge in [-0.15, -0.1) is 0 Å². The van der Waals surface area contributed by atoms with Crippen LogP contribution >= 0.6 is 15.9 Å². The van der Waals surface area contributed by atoms with E-state index in [2.05, 4.69) is 53.3 Å². The standard InChI is InChI=1S/C13H18BrN/c1-10-8-12(14)5-4-11(10)9-15-13(2)6-3-7-13/h4-5,8,15H,3,6-7,9H2,1-2H3. The molecule has 0 aliphatic heterocycles. The van der Waals surface area contributed by atoms with Crippen molar-refractivity contribution in [2.75, 3.05) is 0 Å². The zero-order chi connectivity index (χ0) is 10.9. The van der Waals surface area contributed by atoms with Crippen LogP contribution in [0.5, 0.6) is 0 Å². The summed E-state index contributed by atoms with van der Waals surface area (Å²) in [6.07, 6.45) is 4.02.